The SMILES string of the molecule is Cc1cc(F)c(C(O)C(O)CCS)cc1N. The van der Waals surface area contributed by atoms with Crippen molar-refractivity contribution in [3.8, 4) is 0 Å². The van der Waals surface area contributed by atoms with E-state index in [4.69, 9.17) is 5.73 Å². The summed E-state index contributed by atoms with van der Waals surface area (Å²) in [6.07, 6.45) is -2.01. The smallest absolute Gasteiger partial charge is 0.129 e. The number of aryl methyl sites for hydroxylation is 1. The fourth-order valence-electron chi connectivity index (χ4n) is 1.43. The van der Waals surface area contributed by atoms with Crippen LogP contribution in [0.25, 0.3) is 0 Å². The van der Waals surface area contributed by atoms with E-state index in [9.17, 15) is 14.6 Å². The summed E-state index contributed by atoms with van der Waals surface area (Å²) >= 11 is 3.94. The van der Waals surface area contributed by atoms with E-state index in [0.29, 0.717) is 17.0 Å². The first-order valence-corrected chi connectivity index (χ1v) is 5.63. The molecule has 0 fully saturated rings. The van der Waals surface area contributed by atoms with Crippen LogP contribution in [0.5, 0.6) is 0 Å². The Morgan fingerprint density at radius 2 is 2.06 bits per heavy atom. The number of rotatable bonds is 4. The van der Waals surface area contributed by atoms with Crippen LogP contribution in [0, 0.1) is 12.7 Å². The Labute approximate surface area is 99.5 Å². The lowest BCUT2D eigenvalue weighted by molar-refractivity contribution is 0.0152. The van der Waals surface area contributed by atoms with Crippen molar-refractivity contribution in [2.75, 3.05) is 11.5 Å². The van der Waals surface area contributed by atoms with E-state index >= 15 is 0 Å². The second-order valence-corrected chi connectivity index (χ2v) is 4.20. The van der Waals surface area contributed by atoms with Gasteiger partial charge < -0.3 is 15.9 Å². The van der Waals surface area contributed by atoms with Crippen molar-refractivity contribution in [1.29, 1.82) is 0 Å². The number of aliphatic hydroxyl groups is 2. The highest BCUT2D eigenvalue weighted by Crippen LogP contribution is 2.26. The molecule has 90 valence electrons. The molecule has 0 heterocycles. The Kier molecular flexibility index (Phi) is 4.58. The number of nitrogen functional groups attached to an aromatic ring is 1. The molecule has 0 amide bonds. The first-order valence-electron chi connectivity index (χ1n) is 5.00. The molecule has 4 N–H and O–H groups in total. The van der Waals surface area contributed by atoms with Gasteiger partial charge in [0.25, 0.3) is 0 Å². The average Bonchev–Trinajstić information content (AvgIpc) is 2.23. The summed E-state index contributed by atoms with van der Waals surface area (Å²) in [5, 5.41) is 19.3. The third-order valence-corrected chi connectivity index (χ3v) is 2.75. The normalized spacial score (nSPS) is 14.8. The zero-order valence-corrected chi connectivity index (χ0v) is 9.91. The highest BCUT2D eigenvalue weighted by atomic mass is 32.1. The maximum absolute atomic E-state index is 13.5. The van der Waals surface area contributed by atoms with E-state index < -0.39 is 18.0 Å². The number of nitrogens with two attached hydrogens (primary N) is 1. The molecule has 3 nitrogen and oxygen atoms in total. The molecule has 5 heteroatoms. The number of anilines is 1. The summed E-state index contributed by atoms with van der Waals surface area (Å²) in [4.78, 5) is 0. The lowest BCUT2D eigenvalue weighted by atomic mass is 10.00. The van der Waals surface area contributed by atoms with E-state index in [1.54, 1.807) is 6.92 Å². The van der Waals surface area contributed by atoms with Gasteiger partial charge in [-0.15, -0.1) is 0 Å². The van der Waals surface area contributed by atoms with Crippen LogP contribution in [0.4, 0.5) is 10.1 Å². The summed E-state index contributed by atoms with van der Waals surface area (Å²) in [6, 6.07) is 2.61. The maximum atomic E-state index is 13.5. The first-order chi connectivity index (χ1) is 7.47. The van der Waals surface area contributed by atoms with Crippen molar-refractivity contribution >= 4 is 18.3 Å². The topological polar surface area (TPSA) is 66.5 Å². The molecule has 2 unspecified atom stereocenters. The molecule has 0 aromatic heterocycles. The minimum Gasteiger partial charge on any atom is -0.399 e. The predicted molar refractivity (Wildman–Crippen MR) is 65.0 cm³/mol. The van der Waals surface area contributed by atoms with Crippen LogP contribution in [-0.4, -0.2) is 22.1 Å². The van der Waals surface area contributed by atoms with Gasteiger partial charge in [0.2, 0.25) is 0 Å². The van der Waals surface area contributed by atoms with Crippen molar-refractivity contribution in [2.24, 2.45) is 0 Å². The predicted octanol–water partition coefficient (Wildman–Crippen LogP) is 1.43. The zero-order chi connectivity index (χ0) is 12.3. The number of benzene rings is 1. The summed E-state index contributed by atoms with van der Waals surface area (Å²) in [7, 11) is 0. The van der Waals surface area contributed by atoms with Crippen molar-refractivity contribution in [1.82, 2.24) is 0 Å². The fraction of sp³-hybridized carbons (Fsp3) is 0.455. The summed E-state index contributed by atoms with van der Waals surface area (Å²) in [6.45, 7) is 1.68. The summed E-state index contributed by atoms with van der Waals surface area (Å²) in [5.74, 6) is -0.140. The Bertz CT molecular complexity index is 373. The number of thiol groups is 1. The van der Waals surface area contributed by atoms with Gasteiger partial charge in [0.05, 0.1) is 6.10 Å². The monoisotopic (exact) mass is 245 g/mol. The lowest BCUT2D eigenvalue weighted by Gasteiger charge is -2.18. The van der Waals surface area contributed by atoms with Gasteiger partial charge in [0, 0.05) is 11.3 Å². The maximum Gasteiger partial charge on any atom is 0.129 e. The molecule has 16 heavy (non-hydrogen) atoms. The van der Waals surface area contributed by atoms with Crippen molar-refractivity contribution in [2.45, 2.75) is 25.6 Å². The van der Waals surface area contributed by atoms with Gasteiger partial charge in [0.1, 0.15) is 11.9 Å². The molecule has 1 rings (SSSR count). The molecule has 0 aliphatic heterocycles. The van der Waals surface area contributed by atoms with E-state index in [1.807, 2.05) is 0 Å². The van der Waals surface area contributed by atoms with Crippen molar-refractivity contribution < 1.29 is 14.6 Å². The third kappa shape index (κ3) is 2.87. The van der Waals surface area contributed by atoms with Gasteiger partial charge in [-0.3, -0.25) is 0 Å². The lowest BCUT2D eigenvalue weighted by Crippen LogP contribution is -2.20. The Balaban J connectivity index is 2.99. The molecule has 1 aromatic rings. The van der Waals surface area contributed by atoms with Crippen LogP contribution < -0.4 is 5.73 Å². The molecule has 2 atom stereocenters. The molecule has 0 radical (unpaired) electrons. The number of hydrogen-bond donors (Lipinski definition) is 4. The van der Waals surface area contributed by atoms with Gasteiger partial charge in [0.15, 0.2) is 0 Å². The van der Waals surface area contributed by atoms with Gasteiger partial charge in [-0.25, -0.2) is 4.39 Å². The van der Waals surface area contributed by atoms with Gasteiger partial charge >= 0.3 is 0 Å². The molecule has 0 aliphatic carbocycles. The molecule has 1 aromatic carbocycles. The number of hydrogen-bond acceptors (Lipinski definition) is 4. The van der Waals surface area contributed by atoms with Crippen LogP contribution in [0.2, 0.25) is 0 Å². The largest absolute Gasteiger partial charge is 0.399 e. The third-order valence-electron chi connectivity index (χ3n) is 2.49. The summed E-state index contributed by atoms with van der Waals surface area (Å²) < 4.78 is 13.5. The van der Waals surface area contributed by atoms with Crippen molar-refractivity contribution in [3.63, 3.8) is 0 Å². The van der Waals surface area contributed by atoms with Gasteiger partial charge in [-0.05, 0) is 36.8 Å². The van der Waals surface area contributed by atoms with Crippen LogP contribution in [0.3, 0.4) is 0 Å². The summed E-state index contributed by atoms with van der Waals surface area (Å²) in [5.41, 5.74) is 6.66. The zero-order valence-electron chi connectivity index (χ0n) is 9.02. The first kappa shape index (κ1) is 13.3. The molecule has 0 aliphatic rings. The Morgan fingerprint density at radius 1 is 1.44 bits per heavy atom. The molecule has 0 spiro atoms. The minimum absolute atomic E-state index is 0.0254. The van der Waals surface area contributed by atoms with E-state index in [0.717, 1.165) is 0 Å². The Hall–Kier alpha value is -0.780. The van der Waals surface area contributed by atoms with E-state index in [-0.39, 0.29) is 12.0 Å². The fourth-order valence-corrected chi connectivity index (χ4v) is 1.70. The second kappa shape index (κ2) is 5.52. The van der Waals surface area contributed by atoms with Crippen LogP contribution in [-0.2, 0) is 0 Å². The van der Waals surface area contributed by atoms with Crippen molar-refractivity contribution in [3.05, 3.63) is 29.1 Å². The van der Waals surface area contributed by atoms with E-state index in [1.165, 1.54) is 12.1 Å². The molecule has 0 bridgehead atoms. The number of aliphatic hydroxyl groups excluding tert-OH is 2. The van der Waals surface area contributed by atoms with Crippen LogP contribution >= 0.6 is 12.6 Å². The second-order valence-electron chi connectivity index (χ2n) is 3.75. The molecule has 0 saturated carbocycles. The average molecular weight is 245 g/mol. The van der Waals surface area contributed by atoms with Gasteiger partial charge in [-0.1, -0.05) is 0 Å². The standard InChI is InChI=1S/C11H16FNO2S/c1-6-4-8(12)7(5-9(6)13)11(15)10(14)2-3-16/h4-5,10-11,14-16H,2-3,13H2,1H3. The Morgan fingerprint density at radius 3 is 2.62 bits per heavy atom. The molecular weight excluding hydrogens is 229 g/mol. The highest BCUT2D eigenvalue weighted by molar-refractivity contribution is 7.80. The molecular formula is C11H16FNO2S. The minimum atomic E-state index is -1.27. The quantitative estimate of drug-likeness (QED) is 0.479. The van der Waals surface area contributed by atoms with Gasteiger partial charge in [-0.2, -0.15) is 12.6 Å². The van der Waals surface area contributed by atoms with Crippen LogP contribution in [0.1, 0.15) is 23.7 Å². The number of halogens is 1. The molecule has 0 saturated heterocycles. The highest BCUT2D eigenvalue weighted by Gasteiger charge is 2.21. The van der Waals surface area contributed by atoms with E-state index in [2.05, 4.69) is 12.6 Å². The van der Waals surface area contributed by atoms with Crippen LogP contribution in [0.15, 0.2) is 12.1 Å².